The molecule has 2 atom stereocenters. The highest BCUT2D eigenvalue weighted by atomic mass is 16.1. The summed E-state index contributed by atoms with van der Waals surface area (Å²) in [5.74, 6) is 1.55. The molecular weight excluding hydrogens is 124 g/mol. The third-order valence-corrected chi connectivity index (χ3v) is 3.02. The standard InChI is InChI=1S/C9H14O/c10-9-7-3-1-2-4-8(9)6-5-7/h7-8H,1-6H2/t7-,8-/m1/s1. The summed E-state index contributed by atoms with van der Waals surface area (Å²) >= 11 is 0. The summed E-state index contributed by atoms with van der Waals surface area (Å²) in [6.07, 6.45) is 7.37. The zero-order chi connectivity index (χ0) is 6.97. The summed E-state index contributed by atoms with van der Waals surface area (Å²) < 4.78 is 0. The molecule has 0 spiro atoms. The highest BCUT2D eigenvalue weighted by Gasteiger charge is 2.34. The van der Waals surface area contributed by atoms with Crippen molar-refractivity contribution in [3.05, 3.63) is 0 Å². The zero-order valence-electron chi connectivity index (χ0n) is 6.31. The Morgan fingerprint density at radius 1 is 0.900 bits per heavy atom. The van der Waals surface area contributed by atoms with E-state index in [0.29, 0.717) is 17.6 Å². The summed E-state index contributed by atoms with van der Waals surface area (Å²) in [6, 6.07) is 0. The van der Waals surface area contributed by atoms with Crippen molar-refractivity contribution in [3.63, 3.8) is 0 Å². The monoisotopic (exact) mass is 138 g/mol. The van der Waals surface area contributed by atoms with E-state index in [2.05, 4.69) is 0 Å². The van der Waals surface area contributed by atoms with Crippen LogP contribution in [0.4, 0.5) is 0 Å². The Hall–Kier alpha value is -0.330. The van der Waals surface area contributed by atoms with Gasteiger partial charge in [0.05, 0.1) is 0 Å². The van der Waals surface area contributed by atoms with Crippen molar-refractivity contribution in [2.75, 3.05) is 0 Å². The lowest BCUT2D eigenvalue weighted by molar-refractivity contribution is -0.123. The van der Waals surface area contributed by atoms with Crippen LogP contribution in [0.25, 0.3) is 0 Å². The number of carbonyl (C=O) groups excluding carboxylic acids is 1. The van der Waals surface area contributed by atoms with Crippen molar-refractivity contribution < 1.29 is 4.79 Å². The number of rotatable bonds is 0. The van der Waals surface area contributed by atoms with Crippen LogP contribution in [-0.2, 0) is 4.79 Å². The Labute approximate surface area is 61.8 Å². The van der Waals surface area contributed by atoms with Crippen LogP contribution in [0.15, 0.2) is 0 Å². The van der Waals surface area contributed by atoms with Crippen molar-refractivity contribution in [2.24, 2.45) is 11.8 Å². The molecule has 0 N–H and O–H groups in total. The fraction of sp³-hybridized carbons (Fsp3) is 0.889. The van der Waals surface area contributed by atoms with Crippen LogP contribution in [0.2, 0.25) is 0 Å². The first kappa shape index (κ1) is 6.38. The molecule has 0 radical (unpaired) electrons. The van der Waals surface area contributed by atoms with Crippen LogP contribution in [0, 0.1) is 11.8 Å². The van der Waals surface area contributed by atoms with Crippen molar-refractivity contribution in [3.8, 4) is 0 Å². The Morgan fingerprint density at radius 3 is 1.90 bits per heavy atom. The molecule has 0 aromatic carbocycles. The van der Waals surface area contributed by atoms with E-state index in [1.54, 1.807) is 0 Å². The van der Waals surface area contributed by atoms with Gasteiger partial charge in [-0.1, -0.05) is 12.8 Å². The van der Waals surface area contributed by atoms with Crippen molar-refractivity contribution >= 4 is 5.78 Å². The molecule has 0 saturated heterocycles. The molecular formula is C9H14O. The van der Waals surface area contributed by atoms with Crippen molar-refractivity contribution in [1.29, 1.82) is 0 Å². The van der Waals surface area contributed by atoms with Gasteiger partial charge in [-0.2, -0.15) is 0 Å². The van der Waals surface area contributed by atoms with Gasteiger partial charge >= 0.3 is 0 Å². The van der Waals surface area contributed by atoms with Crippen LogP contribution in [0.3, 0.4) is 0 Å². The van der Waals surface area contributed by atoms with Crippen LogP contribution in [0.1, 0.15) is 38.5 Å². The molecule has 2 bridgehead atoms. The molecule has 2 fully saturated rings. The first-order valence-electron chi connectivity index (χ1n) is 4.41. The molecule has 0 aromatic rings. The second-order valence-electron chi connectivity index (χ2n) is 3.66. The number of ketones is 1. The molecule has 2 aliphatic carbocycles. The van der Waals surface area contributed by atoms with Crippen molar-refractivity contribution in [2.45, 2.75) is 38.5 Å². The third kappa shape index (κ3) is 0.882. The number of hydrogen-bond acceptors (Lipinski definition) is 1. The van der Waals surface area contributed by atoms with Gasteiger partial charge in [-0.3, -0.25) is 4.79 Å². The Morgan fingerprint density at radius 2 is 1.40 bits per heavy atom. The summed E-state index contributed by atoms with van der Waals surface area (Å²) in [7, 11) is 0. The first-order valence-corrected chi connectivity index (χ1v) is 4.41. The molecule has 0 aromatic heterocycles. The quantitative estimate of drug-likeness (QED) is 0.501. The predicted molar refractivity (Wildman–Crippen MR) is 39.7 cm³/mol. The van der Waals surface area contributed by atoms with Crippen LogP contribution < -0.4 is 0 Å². The van der Waals surface area contributed by atoms with E-state index in [1.165, 1.54) is 38.5 Å². The first-order chi connectivity index (χ1) is 4.88. The highest BCUT2D eigenvalue weighted by Crippen LogP contribution is 2.37. The number of hydrogen-bond donors (Lipinski definition) is 0. The van der Waals surface area contributed by atoms with E-state index in [1.807, 2.05) is 0 Å². The van der Waals surface area contributed by atoms with Gasteiger partial charge < -0.3 is 0 Å². The minimum absolute atomic E-state index is 0.479. The number of carbonyl (C=O) groups is 1. The average Bonchev–Trinajstić information content (AvgIpc) is 2.06. The van der Waals surface area contributed by atoms with E-state index in [-0.39, 0.29) is 0 Å². The Bertz CT molecular complexity index is 135. The van der Waals surface area contributed by atoms with Gasteiger partial charge in [-0.15, -0.1) is 0 Å². The van der Waals surface area contributed by atoms with Crippen molar-refractivity contribution in [1.82, 2.24) is 0 Å². The zero-order valence-corrected chi connectivity index (χ0v) is 6.31. The van der Waals surface area contributed by atoms with Gasteiger partial charge in [0.15, 0.2) is 0 Å². The molecule has 10 heavy (non-hydrogen) atoms. The number of fused-ring (bicyclic) bond motifs is 2. The fourth-order valence-electron chi connectivity index (χ4n) is 2.37. The molecule has 2 saturated carbocycles. The molecule has 2 rings (SSSR count). The normalized spacial score (nSPS) is 39.8. The maximum Gasteiger partial charge on any atom is 0.139 e. The predicted octanol–water partition coefficient (Wildman–Crippen LogP) is 2.16. The van der Waals surface area contributed by atoms with E-state index in [9.17, 15) is 4.79 Å². The molecule has 1 nitrogen and oxygen atoms in total. The lowest BCUT2D eigenvalue weighted by Crippen LogP contribution is -2.10. The van der Waals surface area contributed by atoms with E-state index >= 15 is 0 Å². The molecule has 2 aliphatic rings. The van der Waals surface area contributed by atoms with E-state index in [0.717, 1.165) is 0 Å². The van der Waals surface area contributed by atoms with Gasteiger partial charge in [0.1, 0.15) is 5.78 Å². The topological polar surface area (TPSA) is 17.1 Å². The molecule has 1 heteroatoms. The Balaban J connectivity index is 2.14. The second kappa shape index (κ2) is 2.37. The SMILES string of the molecule is O=C1[C@@H]2CCCC[C@@H]1CC2. The molecule has 0 amide bonds. The second-order valence-corrected chi connectivity index (χ2v) is 3.66. The average molecular weight is 138 g/mol. The van der Waals surface area contributed by atoms with Crippen LogP contribution >= 0.6 is 0 Å². The lowest BCUT2D eigenvalue weighted by Gasteiger charge is -2.03. The Kier molecular flexibility index (Phi) is 1.51. The molecule has 56 valence electrons. The summed E-state index contributed by atoms with van der Waals surface area (Å²) in [5.41, 5.74) is 0. The minimum Gasteiger partial charge on any atom is -0.299 e. The highest BCUT2D eigenvalue weighted by molar-refractivity contribution is 5.85. The lowest BCUT2D eigenvalue weighted by atomic mass is 10.0. The number of Topliss-reactive ketones (excluding diaryl/α,β-unsaturated/α-hetero) is 1. The molecule has 0 unspecified atom stereocenters. The van der Waals surface area contributed by atoms with E-state index < -0.39 is 0 Å². The van der Waals surface area contributed by atoms with E-state index in [4.69, 9.17) is 0 Å². The summed E-state index contributed by atoms with van der Waals surface area (Å²) in [4.78, 5) is 11.4. The minimum atomic E-state index is 0.479. The maximum atomic E-state index is 11.4. The fourth-order valence-corrected chi connectivity index (χ4v) is 2.37. The van der Waals surface area contributed by atoms with Crippen LogP contribution in [0.5, 0.6) is 0 Å². The van der Waals surface area contributed by atoms with Gasteiger partial charge in [-0.05, 0) is 25.7 Å². The van der Waals surface area contributed by atoms with Gasteiger partial charge in [-0.25, -0.2) is 0 Å². The third-order valence-electron chi connectivity index (χ3n) is 3.02. The molecule has 0 aliphatic heterocycles. The van der Waals surface area contributed by atoms with Gasteiger partial charge in [0.25, 0.3) is 0 Å². The summed E-state index contributed by atoms with van der Waals surface area (Å²) in [6.45, 7) is 0. The molecule has 0 heterocycles. The van der Waals surface area contributed by atoms with Gasteiger partial charge in [0, 0.05) is 11.8 Å². The van der Waals surface area contributed by atoms with Crippen LogP contribution in [-0.4, -0.2) is 5.78 Å². The largest absolute Gasteiger partial charge is 0.299 e. The smallest absolute Gasteiger partial charge is 0.139 e. The maximum absolute atomic E-state index is 11.4. The van der Waals surface area contributed by atoms with Gasteiger partial charge in [0.2, 0.25) is 0 Å². The summed E-state index contributed by atoms with van der Waals surface area (Å²) in [5, 5.41) is 0.